The minimum absolute atomic E-state index is 0.562. The summed E-state index contributed by atoms with van der Waals surface area (Å²) in [5, 5.41) is 7.39. The first-order valence-corrected chi connectivity index (χ1v) is 5.19. The molecule has 4 heteroatoms. The maximum absolute atomic E-state index is 4.23. The minimum Gasteiger partial charge on any atom is -0.317 e. The maximum Gasteiger partial charge on any atom is 0.138 e. The van der Waals surface area contributed by atoms with Crippen molar-refractivity contribution in [2.24, 2.45) is 13.0 Å². The Morgan fingerprint density at radius 3 is 2.71 bits per heavy atom. The Morgan fingerprint density at radius 2 is 2.29 bits per heavy atom. The monoisotopic (exact) mass is 196 g/mol. The van der Waals surface area contributed by atoms with Gasteiger partial charge in [-0.05, 0) is 19.4 Å². The van der Waals surface area contributed by atoms with Gasteiger partial charge in [0.2, 0.25) is 0 Å². The molecule has 0 fully saturated rings. The highest BCUT2D eigenvalue weighted by atomic mass is 15.3. The standard InChI is InChI=1S/C10H20N4/c1-5-9(11-3)8(2)6-10-12-7-13-14(10)4/h7-9,11H,5-6H2,1-4H3. The van der Waals surface area contributed by atoms with E-state index in [1.807, 2.05) is 18.8 Å². The van der Waals surface area contributed by atoms with Gasteiger partial charge in [-0.3, -0.25) is 4.68 Å². The summed E-state index contributed by atoms with van der Waals surface area (Å²) in [6, 6.07) is 0.562. The maximum atomic E-state index is 4.23. The Bertz CT molecular complexity index is 265. The van der Waals surface area contributed by atoms with E-state index in [1.165, 1.54) is 0 Å². The molecule has 80 valence electrons. The first-order chi connectivity index (χ1) is 6.69. The van der Waals surface area contributed by atoms with E-state index in [-0.39, 0.29) is 0 Å². The van der Waals surface area contributed by atoms with Crippen LogP contribution in [0.25, 0.3) is 0 Å². The lowest BCUT2D eigenvalue weighted by Gasteiger charge is -2.21. The molecule has 0 spiro atoms. The molecule has 0 amide bonds. The van der Waals surface area contributed by atoms with Gasteiger partial charge in [0, 0.05) is 19.5 Å². The van der Waals surface area contributed by atoms with Crippen LogP contribution in [0, 0.1) is 5.92 Å². The van der Waals surface area contributed by atoms with Crippen LogP contribution in [0.15, 0.2) is 6.33 Å². The number of nitrogens with zero attached hydrogens (tertiary/aromatic N) is 3. The second-order valence-electron chi connectivity index (χ2n) is 3.78. The average Bonchev–Trinajstić information content (AvgIpc) is 2.54. The van der Waals surface area contributed by atoms with E-state index < -0.39 is 0 Å². The third-order valence-corrected chi connectivity index (χ3v) is 2.81. The minimum atomic E-state index is 0.562. The fourth-order valence-corrected chi connectivity index (χ4v) is 1.83. The Labute approximate surface area is 85.7 Å². The lowest BCUT2D eigenvalue weighted by atomic mass is 9.96. The Morgan fingerprint density at radius 1 is 1.57 bits per heavy atom. The highest BCUT2D eigenvalue weighted by Gasteiger charge is 2.15. The summed E-state index contributed by atoms with van der Waals surface area (Å²) in [4.78, 5) is 4.23. The lowest BCUT2D eigenvalue weighted by molar-refractivity contribution is 0.377. The van der Waals surface area contributed by atoms with Crippen molar-refractivity contribution in [3.63, 3.8) is 0 Å². The van der Waals surface area contributed by atoms with Crippen LogP contribution < -0.4 is 5.32 Å². The molecule has 0 saturated carbocycles. The van der Waals surface area contributed by atoms with Gasteiger partial charge in [-0.2, -0.15) is 5.10 Å². The molecule has 0 saturated heterocycles. The van der Waals surface area contributed by atoms with Crippen molar-refractivity contribution in [1.82, 2.24) is 20.1 Å². The van der Waals surface area contributed by atoms with E-state index in [1.54, 1.807) is 6.33 Å². The Kier molecular flexibility index (Phi) is 4.07. The van der Waals surface area contributed by atoms with E-state index in [0.717, 1.165) is 18.7 Å². The topological polar surface area (TPSA) is 42.7 Å². The number of hydrogen-bond donors (Lipinski definition) is 1. The van der Waals surface area contributed by atoms with Gasteiger partial charge < -0.3 is 5.32 Å². The number of hydrogen-bond acceptors (Lipinski definition) is 3. The average molecular weight is 196 g/mol. The number of rotatable bonds is 5. The molecule has 1 aromatic rings. The summed E-state index contributed by atoms with van der Waals surface area (Å²) >= 11 is 0. The molecule has 1 N–H and O–H groups in total. The zero-order valence-electron chi connectivity index (χ0n) is 9.49. The number of aromatic nitrogens is 3. The van der Waals surface area contributed by atoms with Crippen LogP contribution in [-0.2, 0) is 13.5 Å². The molecule has 2 atom stereocenters. The van der Waals surface area contributed by atoms with Crippen LogP contribution in [0.4, 0.5) is 0 Å². The summed E-state index contributed by atoms with van der Waals surface area (Å²) in [6.45, 7) is 4.45. The van der Waals surface area contributed by atoms with E-state index >= 15 is 0 Å². The van der Waals surface area contributed by atoms with Gasteiger partial charge in [0.25, 0.3) is 0 Å². The second kappa shape index (κ2) is 5.10. The molecule has 1 aromatic heterocycles. The first kappa shape index (κ1) is 11.2. The zero-order chi connectivity index (χ0) is 10.6. The van der Waals surface area contributed by atoms with Crippen LogP contribution in [0.1, 0.15) is 26.1 Å². The highest BCUT2D eigenvalue weighted by molar-refractivity contribution is 4.88. The predicted octanol–water partition coefficient (Wildman–Crippen LogP) is 0.992. The van der Waals surface area contributed by atoms with Crippen molar-refractivity contribution in [3.05, 3.63) is 12.2 Å². The molecule has 1 rings (SSSR count). The normalized spacial score (nSPS) is 15.4. The Balaban J connectivity index is 2.56. The first-order valence-electron chi connectivity index (χ1n) is 5.19. The molecule has 0 aromatic carbocycles. The molecule has 0 radical (unpaired) electrons. The van der Waals surface area contributed by atoms with Gasteiger partial charge in [-0.1, -0.05) is 13.8 Å². The van der Waals surface area contributed by atoms with Crippen LogP contribution in [0.5, 0.6) is 0 Å². The van der Waals surface area contributed by atoms with Crippen LogP contribution in [0.3, 0.4) is 0 Å². The Hall–Kier alpha value is -0.900. The van der Waals surface area contributed by atoms with Crippen molar-refractivity contribution in [1.29, 1.82) is 0 Å². The number of nitrogens with one attached hydrogen (secondary N) is 1. The summed E-state index contributed by atoms with van der Waals surface area (Å²) in [7, 11) is 3.96. The van der Waals surface area contributed by atoms with Crippen molar-refractivity contribution in [2.75, 3.05) is 7.05 Å². The molecule has 14 heavy (non-hydrogen) atoms. The fraction of sp³-hybridized carbons (Fsp3) is 0.800. The largest absolute Gasteiger partial charge is 0.317 e. The van der Waals surface area contributed by atoms with Crippen LogP contribution in [-0.4, -0.2) is 27.9 Å². The van der Waals surface area contributed by atoms with E-state index in [4.69, 9.17) is 0 Å². The third kappa shape index (κ3) is 2.54. The molecular weight excluding hydrogens is 176 g/mol. The molecule has 2 unspecified atom stereocenters. The summed E-state index contributed by atoms with van der Waals surface area (Å²) < 4.78 is 1.85. The smallest absolute Gasteiger partial charge is 0.138 e. The molecule has 0 aliphatic carbocycles. The van der Waals surface area contributed by atoms with Gasteiger partial charge in [0.15, 0.2) is 0 Å². The van der Waals surface area contributed by atoms with Gasteiger partial charge >= 0.3 is 0 Å². The zero-order valence-corrected chi connectivity index (χ0v) is 9.49. The molecule has 0 bridgehead atoms. The highest BCUT2D eigenvalue weighted by Crippen LogP contribution is 2.11. The van der Waals surface area contributed by atoms with E-state index in [0.29, 0.717) is 12.0 Å². The summed E-state index contributed by atoms with van der Waals surface area (Å²) in [6.07, 6.45) is 3.74. The third-order valence-electron chi connectivity index (χ3n) is 2.81. The quantitative estimate of drug-likeness (QED) is 0.763. The molecule has 0 aliphatic rings. The van der Waals surface area contributed by atoms with E-state index in [2.05, 4.69) is 29.2 Å². The summed E-state index contributed by atoms with van der Waals surface area (Å²) in [5.74, 6) is 1.65. The van der Waals surface area contributed by atoms with E-state index in [9.17, 15) is 0 Å². The van der Waals surface area contributed by atoms with Gasteiger partial charge in [-0.15, -0.1) is 0 Å². The van der Waals surface area contributed by atoms with Crippen LogP contribution in [0.2, 0.25) is 0 Å². The van der Waals surface area contributed by atoms with Crippen molar-refractivity contribution in [3.8, 4) is 0 Å². The lowest BCUT2D eigenvalue weighted by Crippen LogP contribution is -2.32. The van der Waals surface area contributed by atoms with Crippen molar-refractivity contribution < 1.29 is 0 Å². The summed E-state index contributed by atoms with van der Waals surface area (Å²) in [5.41, 5.74) is 0. The molecule has 4 nitrogen and oxygen atoms in total. The second-order valence-corrected chi connectivity index (χ2v) is 3.78. The van der Waals surface area contributed by atoms with Crippen molar-refractivity contribution in [2.45, 2.75) is 32.7 Å². The number of aryl methyl sites for hydroxylation is 1. The van der Waals surface area contributed by atoms with Crippen LogP contribution >= 0.6 is 0 Å². The molecular formula is C10H20N4. The van der Waals surface area contributed by atoms with Gasteiger partial charge in [-0.25, -0.2) is 4.98 Å². The molecule has 1 heterocycles. The SMILES string of the molecule is CCC(NC)C(C)Cc1ncnn1C. The molecule has 0 aliphatic heterocycles. The predicted molar refractivity (Wildman–Crippen MR) is 57.0 cm³/mol. The van der Waals surface area contributed by atoms with Gasteiger partial charge in [0.05, 0.1) is 0 Å². The van der Waals surface area contributed by atoms with Crippen molar-refractivity contribution >= 4 is 0 Å². The van der Waals surface area contributed by atoms with Gasteiger partial charge in [0.1, 0.15) is 12.2 Å². The fourth-order valence-electron chi connectivity index (χ4n) is 1.83.